The predicted molar refractivity (Wildman–Crippen MR) is 155 cm³/mol. The number of hydrogen-bond donors (Lipinski definition) is 1. The number of methoxy groups -OCH3 is 1. The van der Waals surface area contributed by atoms with Crippen molar-refractivity contribution in [1.82, 2.24) is 0 Å². The van der Waals surface area contributed by atoms with Crippen molar-refractivity contribution in [2.45, 2.75) is 46.1 Å². The molecule has 1 aliphatic heterocycles. The van der Waals surface area contributed by atoms with E-state index in [-0.39, 0.29) is 30.6 Å². The molecule has 3 aromatic carbocycles. The second-order valence-electron chi connectivity index (χ2n) is 10.4. The lowest BCUT2D eigenvalue weighted by atomic mass is 9.90. The molecule has 4 rings (SSSR count). The Morgan fingerprint density at radius 3 is 2.48 bits per heavy atom. The number of fused-ring (bicyclic) bond motifs is 1. The smallest absolute Gasteiger partial charge is 0.305 e. The van der Waals surface area contributed by atoms with Gasteiger partial charge in [0.15, 0.2) is 0 Å². The molecule has 1 atom stereocenters. The summed E-state index contributed by atoms with van der Waals surface area (Å²) in [4.78, 5) is 11.5. The van der Waals surface area contributed by atoms with Gasteiger partial charge in [-0.15, -0.1) is 0 Å². The van der Waals surface area contributed by atoms with Crippen molar-refractivity contribution in [2.24, 2.45) is 0 Å². The van der Waals surface area contributed by atoms with Crippen LogP contribution in [0.15, 0.2) is 42.5 Å². The van der Waals surface area contributed by atoms with Crippen LogP contribution in [0.3, 0.4) is 0 Å². The number of carbonyl (C=O) groups excluding carboxylic acids is 1. The van der Waals surface area contributed by atoms with E-state index in [9.17, 15) is 17.6 Å². The predicted octanol–water partition coefficient (Wildman–Crippen LogP) is 5.88. The highest BCUT2D eigenvalue weighted by atomic mass is 32.2. The minimum absolute atomic E-state index is 0.0990. The molecule has 3 aromatic rings. The van der Waals surface area contributed by atoms with Gasteiger partial charge in [-0.1, -0.05) is 12.1 Å². The Hall–Kier alpha value is -3.59. The van der Waals surface area contributed by atoms with E-state index in [0.29, 0.717) is 42.4 Å². The summed E-state index contributed by atoms with van der Waals surface area (Å²) in [5.41, 5.74) is 7.38. The lowest BCUT2D eigenvalue weighted by molar-refractivity contribution is -0.140. The van der Waals surface area contributed by atoms with Crippen LogP contribution < -0.4 is 14.8 Å². The normalized spacial score (nSPS) is 14.6. The highest BCUT2D eigenvalue weighted by molar-refractivity contribution is 7.90. The summed E-state index contributed by atoms with van der Waals surface area (Å²) in [6, 6.07) is 13.2. The van der Waals surface area contributed by atoms with Crippen LogP contribution in [0, 0.1) is 26.6 Å². The van der Waals surface area contributed by atoms with E-state index in [1.165, 1.54) is 19.4 Å². The number of carbonyl (C=O) groups is 1. The number of anilines is 1. The summed E-state index contributed by atoms with van der Waals surface area (Å²) in [6.07, 6.45) is 2.01. The molecule has 0 amide bonds. The average molecular weight is 570 g/mol. The third-order valence-corrected chi connectivity index (χ3v) is 8.12. The van der Waals surface area contributed by atoms with E-state index in [1.807, 2.05) is 32.9 Å². The van der Waals surface area contributed by atoms with Crippen molar-refractivity contribution in [2.75, 3.05) is 37.6 Å². The molecule has 0 bridgehead atoms. The highest BCUT2D eigenvalue weighted by Crippen LogP contribution is 2.39. The molecular weight excluding hydrogens is 533 g/mol. The maximum Gasteiger partial charge on any atom is 0.305 e. The number of hydrogen-bond acceptors (Lipinski definition) is 7. The summed E-state index contributed by atoms with van der Waals surface area (Å²) in [7, 11) is -1.70. The number of nitrogens with one attached hydrogen (secondary N) is 1. The zero-order valence-corrected chi connectivity index (χ0v) is 24.4. The molecule has 0 fully saturated rings. The second-order valence-corrected chi connectivity index (χ2v) is 12.6. The van der Waals surface area contributed by atoms with Gasteiger partial charge in [0.2, 0.25) is 0 Å². The van der Waals surface area contributed by atoms with Gasteiger partial charge in [0.1, 0.15) is 33.8 Å². The molecule has 0 aliphatic carbocycles. The van der Waals surface area contributed by atoms with Crippen molar-refractivity contribution >= 4 is 21.5 Å². The first-order valence-electron chi connectivity index (χ1n) is 13.3. The minimum Gasteiger partial charge on any atom is -0.494 e. The Morgan fingerprint density at radius 1 is 1.07 bits per heavy atom. The third-order valence-electron chi connectivity index (χ3n) is 7.09. The van der Waals surface area contributed by atoms with Gasteiger partial charge < -0.3 is 19.5 Å². The number of aryl methyl sites for hydroxylation is 4. The molecule has 0 radical (unpaired) electrons. The number of halogens is 1. The molecule has 1 N–H and O–H groups in total. The van der Waals surface area contributed by atoms with E-state index < -0.39 is 15.7 Å². The molecule has 214 valence electrons. The number of rotatable bonds is 10. The van der Waals surface area contributed by atoms with Crippen LogP contribution in [0.4, 0.5) is 10.1 Å². The van der Waals surface area contributed by atoms with Crippen LogP contribution in [0.1, 0.15) is 46.7 Å². The summed E-state index contributed by atoms with van der Waals surface area (Å²) in [5.74, 6) is 0.595. The zero-order valence-electron chi connectivity index (χ0n) is 23.6. The van der Waals surface area contributed by atoms with Crippen LogP contribution >= 0.6 is 0 Å². The number of esters is 1. The van der Waals surface area contributed by atoms with Crippen molar-refractivity contribution < 1.29 is 31.8 Å². The van der Waals surface area contributed by atoms with Crippen molar-refractivity contribution in [3.05, 3.63) is 76.1 Å². The van der Waals surface area contributed by atoms with Crippen LogP contribution in [0.25, 0.3) is 11.1 Å². The highest BCUT2D eigenvalue weighted by Gasteiger charge is 2.24. The monoisotopic (exact) mass is 569 g/mol. The van der Waals surface area contributed by atoms with E-state index in [1.54, 1.807) is 6.07 Å². The Balaban J connectivity index is 1.52. The quantitative estimate of drug-likeness (QED) is 0.241. The molecule has 1 unspecified atom stereocenters. The second kappa shape index (κ2) is 12.3. The fraction of sp³-hybridized carbons (Fsp3) is 0.387. The van der Waals surface area contributed by atoms with Gasteiger partial charge in [0, 0.05) is 18.7 Å². The molecule has 9 heteroatoms. The van der Waals surface area contributed by atoms with Crippen molar-refractivity contribution in [1.29, 1.82) is 0 Å². The molecule has 7 nitrogen and oxygen atoms in total. The molecule has 0 aromatic heterocycles. The number of ether oxygens (including phenoxy) is 3. The Bertz CT molecular complexity index is 1500. The van der Waals surface area contributed by atoms with Gasteiger partial charge >= 0.3 is 5.97 Å². The average Bonchev–Trinajstić information content (AvgIpc) is 2.89. The standard InChI is InChI=1S/C31H36FNO6S/c1-19-7-8-23(31-20(2)13-24(14-21(31)3)38-11-6-12-40(5,35)36)15-25(19)28-18-39-29-16-22(9-10-30(34)37-4)26(32)17-27(29)33-28/h7-8,13-17,28,33H,6,9-12,18H2,1-5H3. The van der Waals surface area contributed by atoms with E-state index >= 15 is 0 Å². The van der Waals surface area contributed by atoms with E-state index in [4.69, 9.17) is 9.47 Å². The van der Waals surface area contributed by atoms with Crippen LogP contribution in [0.2, 0.25) is 0 Å². The maximum atomic E-state index is 14.8. The summed E-state index contributed by atoms with van der Waals surface area (Å²) in [6.45, 7) is 6.81. The van der Waals surface area contributed by atoms with E-state index in [2.05, 4.69) is 28.3 Å². The molecule has 1 heterocycles. The molecular formula is C31H36FNO6S. The number of benzene rings is 3. The lowest BCUT2D eigenvalue weighted by Gasteiger charge is -2.30. The molecule has 40 heavy (non-hydrogen) atoms. The number of sulfone groups is 1. The third kappa shape index (κ3) is 7.13. The fourth-order valence-corrected chi connectivity index (χ4v) is 5.72. The van der Waals surface area contributed by atoms with Crippen LogP contribution in [0.5, 0.6) is 11.5 Å². The molecule has 1 aliphatic rings. The van der Waals surface area contributed by atoms with Gasteiger partial charge in [-0.2, -0.15) is 0 Å². The topological polar surface area (TPSA) is 90.9 Å². The first-order chi connectivity index (χ1) is 18.9. The molecule has 0 saturated heterocycles. The van der Waals surface area contributed by atoms with E-state index in [0.717, 1.165) is 33.4 Å². The Labute approximate surface area is 235 Å². The van der Waals surface area contributed by atoms with Crippen molar-refractivity contribution in [3.63, 3.8) is 0 Å². The molecule has 0 spiro atoms. The van der Waals surface area contributed by atoms with Gasteiger partial charge in [-0.05, 0) is 96.8 Å². The summed E-state index contributed by atoms with van der Waals surface area (Å²) in [5, 5.41) is 3.44. The Kier molecular flexibility index (Phi) is 9.03. The minimum atomic E-state index is -3.01. The SMILES string of the molecule is COC(=O)CCc1cc2c(cc1F)NC(c1cc(-c3c(C)cc(OCCCS(C)(=O)=O)cc3C)ccc1C)CO2. The fourth-order valence-electron chi connectivity index (χ4n) is 5.07. The van der Waals surface area contributed by atoms with Gasteiger partial charge in [0.05, 0.1) is 31.2 Å². The van der Waals surface area contributed by atoms with Crippen LogP contribution in [-0.4, -0.2) is 46.7 Å². The largest absolute Gasteiger partial charge is 0.494 e. The van der Waals surface area contributed by atoms with Gasteiger partial charge in [0.25, 0.3) is 0 Å². The van der Waals surface area contributed by atoms with Gasteiger partial charge in [-0.3, -0.25) is 4.79 Å². The lowest BCUT2D eigenvalue weighted by Crippen LogP contribution is -2.25. The summed E-state index contributed by atoms with van der Waals surface area (Å²) < 4.78 is 54.1. The van der Waals surface area contributed by atoms with Crippen LogP contribution in [-0.2, 0) is 25.8 Å². The maximum absolute atomic E-state index is 14.8. The molecule has 0 saturated carbocycles. The first-order valence-corrected chi connectivity index (χ1v) is 15.3. The van der Waals surface area contributed by atoms with Gasteiger partial charge in [-0.25, -0.2) is 12.8 Å². The zero-order chi connectivity index (χ0) is 29.0. The van der Waals surface area contributed by atoms with Crippen molar-refractivity contribution in [3.8, 4) is 22.6 Å². The Morgan fingerprint density at radius 2 is 1.80 bits per heavy atom. The summed E-state index contributed by atoms with van der Waals surface area (Å²) >= 11 is 0. The first kappa shape index (κ1) is 29.4.